The van der Waals surface area contributed by atoms with E-state index in [1.807, 2.05) is 20.8 Å². The number of nitrogens with zero attached hydrogens (tertiary/aromatic N) is 1. The third-order valence-electron chi connectivity index (χ3n) is 2.68. The molecule has 0 saturated carbocycles. The first-order valence-electron chi connectivity index (χ1n) is 6.01. The van der Waals surface area contributed by atoms with Gasteiger partial charge in [0.2, 0.25) is 0 Å². The molecule has 2 N–H and O–H groups in total. The zero-order chi connectivity index (χ0) is 13.1. The molecule has 0 aromatic rings. The van der Waals surface area contributed by atoms with E-state index >= 15 is 0 Å². The lowest BCUT2D eigenvalue weighted by atomic mass is 10.0. The standard InChI is InChI=1S/C12H22N2O3/c1-12(2,3)17-11(16)14-5-4-9(8-14)6-10(15)7-13/h9H,4-8,13H2,1-3H3. The highest BCUT2D eigenvalue weighted by atomic mass is 16.6. The molecule has 5 nitrogen and oxygen atoms in total. The molecule has 1 atom stereocenters. The van der Waals surface area contributed by atoms with Crippen molar-refractivity contribution in [3.05, 3.63) is 0 Å². The second-order valence-electron chi connectivity index (χ2n) is 5.53. The molecule has 1 saturated heterocycles. The number of carbonyl (C=O) groups is 2. The van der Waals surface area contributed by atoms with Crippen molar-refractivity contribution in [1.29, 1.82) is 0 Å². The van der Waals surface area contributed by atoms with E-state index in [0.717, 1.165) is 6.42 Å². The van der Waals surface area contributed by atoms with Crippen LogP contribution in [0.15, 0.2) is 0 Å². The Hall–Kier alpha value is -1.10. The smallest absolute Gasteiger partial charge is 0.410 e. The Morgan fingerprint density at radius 2 is 2.06 bits per heavy atom. The second-order valence-corrected chi connectivity index (χ2v) is 5.53. The number of rotatable bonds is 3. The summed E-state index contributed by atoms with van der Waals surface area (Å²) in [6, 6.07) is 0. The Labute approximate surface area is 102 Å². The molecular formula is C12H22N2O3. The van der Waals surface area contributed by atoms with Gasteiger partial charge in [0, 0.05) is 19.5 Å². The fourth-order valence-corrected chi connectivity index (χ4v) is 1.90. The van der Waals surface area contributed by atoms with Crippen LogP contribution in [0.1, 0.15) is 33.6 Å². The van der Waals surface area contributed by atoms with Gasteiger partial charge >= 0.3 is 6.09 Å². The maximum atomic E-state index is 11.8. The van der Waals surface area contributed by atoms with Crippen molar-refractivity contribution in [2.45, 2.75) is 39.2 Å². The second kappa shape index (κ2) is 5.49. The number of hydrogen-bond acceptors (Lipinski definition) is 4. The number of hydrogen-bond donors (Lipinski definition) is 1. The third kappa shape index (κ3) is 4.73. The number of nitrogens with two attached hydrogens (primary N) is 1. The SMILES string of the molecule is CC(C)(C)OC(=O)N1CCC(CC(=O)CN)C1. The van der Waals surface area contributed by atoms with Crippen molar-refractivity contribution >= 4 is 11.9 Å². The summed E-state index contributed by atoms with van der Waals surface area (Å²) in [7, 11) is 0. The monoisotopic (exact) mass is 242 g/mol. The number of Topliss-reactive ketones (excluding diaryl/α,β-unsaturated/α-hetero) is 1. The highest BCUT2D eigenvalue weighted by Gasteiger charge is 2.30. The van der Waals surface area contributed by atoms with Crippen LogP contribution in [0, 0.1) is 5.92 Å². The molecule has 1 aliphatic heterocycles. The Morgan fingerprint density at radius 1 is 1.41 bits per heavy atom. The van der Waals surface area contributed by atoms with Crippen molar-refractivity contribution in [3.63, 3.8) is 0 Å². The van der Waals surface area contributed by atoms with Crippen molar-refractivity contribution in [2.24, 2.45) is 11.7 Å². The summed E-state index contributed by atoms with van der Waals surface area (Å²) >= 11 is 0. The summed E-state index contributed by atoms with van der Waals surface area (Å²) in [5, 5.41) is 0. The largest absolute Gasteiger partial charge is 0.444 e. The molecule has 0 bridgehead atoms. The molecule has 1 fully saturated rings. The first-order chi connectivity index (χ1) is 7.81. The lowest BCUT2D eigenvalue weighted by molar-refractivity contribution is -0.118. The quantitative estimate of drug-likeness (QED) is 0.806. The summed E-state index contributed by atoms with van der Waals surface area (Å²) in [6.07, 6.45) is 1.03. The van der Waals surface area contributed by atoms with Crippen LogP contribution in [0.2, 0.25) is 0 Å². The molecule has 0 aromatic heterocycles. The topological polar surface area (TPSA) is 72.6 Å². The lowest BCUT2D eigenvalue weighted by Gasteiger charge is -2.24. The number of likely N-dealkylation sites (tertiary alicyclic amines) is 1. The maximum Gasteiger partial charge on any atom is 0.410 e. The van der Waals surface area contributed by atoms with E-state index in [0.29, 0.717) is 19.5 Å². The normalized spacial score (nSPS) is 20.5. The summed E-state index contributed by atoms with van der Waals surface area (Å²) in [5.74, 6) is 0.291. The summed E-state index contributed by atoms with van der Waals surface area (Å²) in [6.45, 7) is 6.88. The minimum atomic E-state index is -0.470. The first-order valence-corrected chi connectivity index (χ1v) is 6.01. The van der Waals surface area contributed by atoms with Crippen LogP contribution in [-0.2, 0) is 9.53 Å². The van der Waals surface area contributed by atoms with Gasteiger partial charge in [0.1, 0.15) is 11.4 Å². The van der Waals surface area contributed by atoms with Gasteiger partial charge in [0.05, 0.1) is 6.54 Å². The van der Waals surface area contributed by atoms with Crippen LogP contribution in [-0.4, -0.2) is 42.0 Å². The van der Waals surface area contributed by atoms with Crippen molar-refractivity contribution in [2.75, 3.05) is 19.6 Å². The molecule has 1 aliphatic rings. The van der Waals surface area contributed by atoms with Gasteiger partial charge in [0.25, 0.3) is 0 Å². The van der Waals surface area contributed by atoms with Gasteiger partial charge < -0.3 is 15.4 Å². The van der Waals surface area contributed by atoms with Crippen molar-refractivity contribution in [3.8, 4) is 0 Å². The van der Waals surface area contributed by atoms with Crippen LogP contribution in [0.4, 0.5) is 4.79 Å². The van der Waals surface area contributed by atoms with E-state index < -0.39 is 5.60 Å². The summed E-state index contributed by atoms with van der Waals surface area (Å²) in [4.78, 5) is 24.6. The molecule has 5 heteroatoms. The van der Waals surface area contributed by atoms with Crippen molar-refractivity contribution < 1.29 is 14.3 Å². The van der Waals surface area contributed by atoms with E-state index in [9.17, 15) is 9.59 Å². The van der Waals surface area contributed by atoms with E-state index in [-0.39, 0.29) is 24.3 Å². The Kier molecular flexibility index (Phi) is 4.51. The van der Waals surface area contributed by atoms with Gasteiger partial charge in [-0.15, -0.1) is 0 Å². The fraction of sp³-hybridized carbons (Fsp3) is 0.833. The number of ether oxygens (including phenoxy) is 1. The third-order valence-corrected chi connectivity index (χ3v) is 2.68. The van der Waals surface area contributed by atoms with Crippen LogP contribution >= 0.6 is 0 Å². The number of amides is 1. The molecule has 0 radical (unpaired) electrons. The van der Waals surface area contributed by atoms with Crippen LogP contribution in [0.25, 0.3) is 0 Å². The van der Waals surface area contributed by atoms with E-state index in [4.69, 9.17) is 10.5 Å². The molecule has 1 unspecified atom stereocenters. The molecule has 17 heavy (non-hydrogen) atoms. The van der Waals surface area contributed by atoms with Crippen molar-refractivity contribution in [1.82, 2.24) is 4.90 Å². The average Bonchev–Trinajstić information content (AvgIpc) is 2.63. The van der Waals surface area contributed by atoms with Crippen LogP contribution in [0.5, 0.6) is 0 Å². The molecule has 1 heterocycles. The van der Waals surface area contributed by atoms with Gasteiger partial charge in [-0.3, -0.25) is 4.79 Å². The zero-order valence-corrected chi connectivity index (χ0v) is 10.9. The first kappa shape index (κ1) is 14.0. The Morgan fingerprint density at radius 3 is 2.59 bits per heavy atom. The maximum absolute atomic E-state index is 11.8. The van der Waals surface area contributed by atoms with E-state index in [2.05, 4.69) is 0 Å². The molecule has 0 spiro atoms. The van der Waals surface area contributed by atoms with Crippen LogP contribution < -0.4 is 5.73 Å². The zero-order valence-electron chi connectivity index (χ0n) is 10.9. The summed E-state index contributed by atoms with van der Waals surface area (Å²) < 4.78 is 5.28. The van der Waals surface area contributed by atoms with Gasteiger partial charge in [-0.25, -0.2) is 4.79 Å². The van der Waals surface area contributed by atoms with E-state index in [1.54, 1.807) is 4.90 Å². The number of carbonyl (C=O) groups excluding carboxylic acids is 2. The minimum Gasteiger partial charge on any atom is -0.444 e. The molecule has 1 amide bonds. The predicted molar refractivity (Wildman–Crippen MR) is 64.6 cm³/mol. The van der Waals surface area contributed by atoms with Gasteiger partial charge in [-0.05, 0) is 33.1 Å². The van der Waals surface area contributed by atoms with E-state index in [1.165, 1.54) is 0 Å². The molecule has 1 rings (SSSR count). The fourth-order valence-electron chi connectivity index (χ4n) is 1.90. The molecule has 0 aliphatic carbocycles. The predicted octanol–water partition coefficient (Wildman–Crippen LogP) is 1.16. The highest BCUT2D eigenvalue weighted by molar-refractivity contribution is 5.80. The lowest BCUT2D eigenvalue weighted by Crippen LogP contribution is -2.35. The summed E-state index contributed by atoms with van der Waals surface area (Å²) in [5.41, 5.74) is 4.80. The van der Waals surface area contributed by atoms with Gasteiger partial charge in [0.15, 0.2) is 0 Å². The minimum absolute atomic E-state index is 0.0565. The number of ketones is 1. The Balaban J connectivity index is 2.39. The van der Waals surface area contributed by atoms with Crippen LogP contribution in [0.3, 0.4) is 0 Å². The Bertz CT molecular complexity index is 297. The molecule has 98 valence electrons. The van der Waals surface area contributed by atoms with Gasteiger partial charge in [-0.1, -0.05) is 0 Å². The van der Waals surface area contributed by atoms with Gasteiger partial charge in [-0.2, -0.15) is 0 Å². The average molecular weight is 242 g/mol. The molecule has 0 aromatic carbocycles. The highest BCUT2D eigenvalue weighted by Crippen LogP contribution is 2.21. The molecular weight excluding hydrogens is 220 g/mol.